The molecule has 25 heavy (non-hydrogen) atoms. The van der Waals surface area contributed by atoms with Gasteiger partial charge in [-0.2, -0.15) is 0 Å². The lowest BCUT2D eigenvalue weighted by Crippen LogP contribution is -2.18. The van der Waals surface area contributed by atoms with Crippen LogP contribution in [0.4, 0.5) is 0 Å². The number of carbonyl (C=O) groups excluding carboxylic acids is 1. The Morgan fingerprint density at radius 3 is 2.12 bits per heavy atom. The highest BCUT2D eigenvalue weighted by molar-refractivity contribution is 5.74. The van der Waals surface area contributed by atoms with E-state index in [4.69, 9.17) is 9.47 Å². The summed E-state index contributed by atoms with van der Waals surface area (Å²) in [6, 6.07) is 13.5. The molecule has 0 spiro atoms. The zero-order valence-electron chi connectivity index (χ0n) is 16.1. The maximum atomic E-state index is 12.0. The first-order valence-electron chi connectivity index (χ1n) is 8.71. The van der Waals surface area contributed by atoms with E-state index >= 15 is 0 Å². The molecule has 0 amide bonds. The third-order valence-corrected chi connectivity index (χ3v) is 4.17. The predicted octanol–water partition coefficient (Wildman–Crippen LogP) is 5.40. The summed E-state index contributed by atoms with van der Waals surface area (Å²) in [7, 11) is 0. The van der Waals surface area contributed by atoms with Crippen LogP contribution in [0.2, 0.25) is 0 Å². The molecule has 0 heterocycles. The van der Waals surface area contributed by atoms with Crippen LogP contribution in [-0.2, 0) is 10.2 Å². The zero-order chi connectivity index (χ0) is 18.6. The molecule has 3 nitrogen and oxygen atoms in total. The average molecular weight is 340 g/mol. The Balaban J connectivity index is 1.91. The predicted molar refractivity (Wildman–Crippen MR) is 102 cm³/mol. The summed E-state index contributed by atoms with van der Waals surface area (Å²) in [6.45, 7) is 12.7. The number of hydrogen-bond acceptors (Lipinski definition) is 3. The molecule has 0 radical (unpaired) electrons. The summed E-state index contributed by atoms with van der Waals surface area (Å²) in [6.07, 6.45) is 0. The lowest BCUT2D eigenvalue weighted by atomic mass is 9.87. The number of carbonyl (C=O) groups is 1. The van der Waals surface area contributed by atoms with Crippen molar-refractivity contribution in [1.29, 1.82) is 0 Å². The van der Waals surface area contributed by atoms with Crippen LogP contribution in [0.25, 0.3) is 0 Å². The number of esters is 1. The SMILES string of the molecule is Cc1cc(OCC(=O)Oc2ccc(C(C)(C)C)cc2)ccc1C(C)C. The molecule has 0 saturated carbocycles. The van der Waals surface area contributed by atoms with Gasteiger partial charge in [-0.15, -0.1) is 0 Å². The lowest BCUT2D eigenvalue weighted by Gasteiger charge is -2.19. The highest BCUT2D eigenvalue weighted by Crippen LogP contribution is 2.25. The van der Waals surface area contributed by atoms with Crippen LogP contribution in [0.15, 0.2) is 42.5 Å². The minimum Gasteiger partial charge on any atom is -0.482 e. The van der Waals surface area contributed by atoms with Crippen molar-refractivity contribution in [2.24, 2.45) is 0 Å². The number of benzene rings is 2. The van der Waals surface area contributed by atoms with E-state index in [2.05, 4.69) is 41.5 Å². The molecule has 0 N–H and O–H groups in total. The molecule has 0 aliphatic rings. The highest BCUT2D eigenvalue weighted by Gasteiger charge is 2.14. The molecule has 0 atom stereocenters. The Bertz CT molecular complexity index is 722. The van der Waals surface area contributed by atoms with Gasteiger partial charge in [0.15, 0.2) is 6.61 Å². The fourth-order valence-corrected chi connectivity index (χ4v) is 2.71. The first-order valence-corrected chi connectivity index (χ1v) is 8.71. The van der Waals surface area contributed by atoms with Crippen molar-refractivity contribution >= 4 is 5.97 Å². The van der Waals surface area contributed by atoms with Crippen molar-refractivity contribution in [2.75, 3.05) is 6.61 Å². The standard InChI is InChI=1S/C22H28O3/c1-15(2)20-12-11-19(13-16(20)3)24-14-21(23)25-18-9-7-17(8-10-18)22(4,5)6/h7-13,15H,14H2,1-6H3. The molecule has 0 saturated heterocycles. The van der Waals surface area contributed by atoms with Crippen LogP contribution in [-0.4, -0.2) is 12.6 Å². The van der Waals surface area contributed by atoms with Gasteiger partial charge < -0.3 is 9.47 Å². The summed E-state index contributed by atoms with van der Waals surface area (Å²) < 4.78 is 10.9. The van der Waals surface area contributed by atoms with E-state index < -0.39 is 5.97 Å². The molecule has 2 rings (SSSR count). The van der Waals surface area contributed by atoms with Crippen LogP contribution in [0, 0.1) is 6.92 Å². The number of hydrogen-bond donors (Lipinski definition) is 0. The lowest BCUT2D eigenvalue weighted by molar-refractivity contribution is -0.136. The van der Waals surface area contributed by atoms with Gasteiger partial charge in [0.2, 0.25) is 0 Å². The summed E-state index contributed by atoms with van der Waals surface area (Å²) in [5, 5.41) is 0. The van der Waals surface area contributed by atoms with Crippen molar-refractivity contribution in [3.8, 4) is 11.5 Å². The zero-order valence-corrected chi connectivity index (χ0v) is 16.1. The normalized spacial score (nSPS) is 11.5. The van der Waals surface area contributed by atoms with Gasteiger partial charge in [0.25, 0.3) is 0 Å². The van der Waals surface area contributed by atoms with Gasteiger partial charge in [0.05, 0.1) is 0 Å². The number of ether oxygens (including phenoxy) is 2. The first-order chi connectivity index (χ1) is 11.7. The molecule has 3 heteroatoms. The largest absolute Gasteiger partial charge is 0.482 e. The fraction of sp³-hybridized carbons (Fsp3) is 0.409. The highest BCUT2D eigenvalue weighted by atomic mass is 16.6. The Kier molecular flexibility index (Phi) is 5.89. The molecule has 0 aliphatic heterocycles. The maximum Gasteiger partial charge on any atom is 0.349 e. The van der Waals surface area contributed by atoms with Gasteiger partial charge in [-0.1, -0.05) is 52.8 Å². The summed E-state index contributed by atoms with van der Waals surface area (Å²) in [5.41, 5.74) is 3.72. The molecule has 134 valence electrons. The molecule has 2 aromatic rings. The van der Waals surface area contributed by atoms with Gasteiger partial charge in [0.1, 0.15) is 11.5 Å². The number of aryl methyl sites for hydroxylation is 1. The Morgan fingerprint density at radius 1 is 1.00 bits per heavy atom. The molecule has 0 bridgehead atoms. The summed E-state index contributed by atoms with van der Waals surface area (Å²) >= 11 is 0. The van der Waals surface area contributed by atoms with Gasteiger partial charge >= 0.3 is 5.97 Å². The molecule has 0 fully saturated rings. The van der Waals surface area contributed by atoms with Crippen molar-refractivity contribution < 1.29 is 14.3 Å². The van der Waals surface area contributed by atoms with Gasteiger partial charge in [0, 0.05) is 0 Å². The minimum atomic E-state index is -0.408. The monoisotopic (exact) mass is 340 g/mol. The van der Waals surface area contributed by atoms with E-state index in [-0.39, 0.29) is 12.0 Å². The average Bonchev–Trinajstić information content (AvgIpc) is 2.52. The van der Waals surface area contributed by atoms with Crippen molar-refractivity contribution in [1.82, 2.24) is 0 Å². The third-order valence-electron chi connectivity index (χ3n) is 4.17. The van der Waals surface area contributed by atoms with Crippen molar-refractivity contribution in [2.45, 2.75) is 52.9 Å². The molecule has 0 aliphatic carbocycles. The van der Waals surface area contributed by atoms with Gasteiger partial charge in [-0.25, -0.2) is 4.79 Å². The van der Waals surface area contributed by atoms with E-state index in [0.717, 1.165) is 0 Å². The van der Waals surface area contributed by atoms with Crippen molar-refractivity contribution in [3.05, 3.63) is 59.2 Å². The van der Waals surface area contributed by atoms with Crippen LogP contribution < -0.4 is 9.47 Å². The van der Waals surface area contributed by atoms with E-state index in [9.17, 15) is 4.79 Å². The Hall–Kier alpha value is -2.29. The molecule has 0 aromatic heterocycles. The second kappa shape index (κ2) is 7.73. The summed E-state index contributed by atoms with van der Waals surface area (Å²) in [4.78, 5) is 12.0. The molecule has 0 unspecified atom stereocenters. The fourth-order valence-electron chi connectivity index (χ4n) is 2.71. The second-order valence-corrected chi connectivity index (χ2v) is 7.71. The molecule has 2 aromatic carbocycles. The van der Waals surface area contributed by atoms with Crippen LogP contribution in [0.1, 0.15) is 57.2 Å². The number of rotatable bonds is 5. The van der Waals surface area contributed by atoms with E-state index in [0.29, 0.717) is 17.4 Å². The molecular formula is C22H28O3. The topological polar surface area (TPSA) is 35.5 Å². The van der Waals surface area contributed by atoms with Gasteiger partial charge in [-0.3, -0.25) is 0 Å². The maximum absolute atomic E-state index is 12.0. The third kappa shape index (κ3) is 5.35. The second-order valence-electron chi connectivity index (χ2n) is 7.71. The first kappa shape index (κ1) is 19.0. The van der Waals surface area contributed by atoms with E-state index in [1.54, 1.807) is 0 Å². The molecular weight excluding hydrogens is 312 g/mol. The van der Waals surface area contributed by atoms with Crippen LogP contribution in [0.3, 0.4) is 0 Å². The van der Waals surface area contributed by atoms with Crippen LogP contribution in [0.5, 0.6) is 11.5 Å². The summed E-state index contributed by atoms with van der Waals surface area (Å²) in [5.74, 6) is 1.28. The smallest absolute Gasteiger partial charge is 0.349 e. The van der Waals surface area contributed by atoms with E-state index in [1.807, 2.05) is 42.5 Å². The Morgan fingerprint density at radius 2 is 1.60 bits per heavy atom. The van der Waals surface area contributed by atoms with Crippen molar-refractivity contribution in [3.63, 3.8) is 0 Å². The minimum absolute atomic E-state index is 0.0751. The Labute approximate surface area is 151 Å². The van der Waals surface area contributed by atoms with E-state index in [1.165, 1.54) is 16.7 Å². The quantitative estimate of drug-likeness (QED) is 0.540. The van der Waals surface area contributed by atoms with Gasteiger partial charge in [-0.05, 0) is 59.2 Å². The van der Waals surface area contributed by atoms with Crippen LogP contribution >= 0.6 is 0 Å².